The molecule has 0 bridgehead atoms. The summed E-state index contributed by atoms with van der Waals surface area (Å²) in [5.41, 5.74) is 1.16. The van der Waals surface area contributed by atoms with Crippen molar-refractivity contribution in [1.82, 2.24) is 0 Å². The highest BCUT2D eigenvalue weighted by Gasteiger charge is 2.03. The molecule has 1 aromatic carbocycles. The van der Waals surface area contributed by atoms with Gasteiger partial charge in [-0.3, -0.25) is 0 Å². The predicted molar refractivity (Wildman–Crippen MR) is 72.7 cm³/mol. The number of alkyl halides is 1. The number of thiophene rings is 1. The second kappa shape index (κ2) is 5.71. The largest absolute Gasteiger partial charge is 0.488 e. The molecule has 1 heterocycles. The van der Waals surface area contributed by atoms with E-state index in [1.807, 2.05) is 36.4 Å². The van der Waals surface area contributed by atoms with E-state index in [-0.39, 0.29) is 0 Å². The first-order valence-corrected chi connectivity index (χ1v) is 7.12. The standard InChI is InChI=1S/C12H10BrClOS/c13-7-9-3-1-2-4-11(9)15-8-10-5-6-12(14)16-10/h1-6H,7-8H2. The molecule has 16 heavy (non-hydrogen) atoms. The number of halogens is 2. The van der Waals surface area contributed by atoms with Gasteiger partial charge in [-0.1, -0.05) is 45.7 Å². The monoisotopic (exact) mass is 316 g/mol. The van der Waals surface area contributed by atoms with Gasteiger partial charge in [-0.25, -0.2) is 0 Å². The molecule has 0 aliphatic carbocycles. The maximum absolute atomic E-state index is 5.86. The molecule has 0 aliphatic heterocycles. The molecule has 4 heteroatoms. The zero-order chi connectivity index (χ0) is 11.4. The molecule has 84 valence electrons. The first kappa shape index (κ1) is 12.0. The van der Waals surface area contributed by atoms with Crippen molar-refractivity contribution >= 4 is 38.9 Å². The molecule has 0 amide bonds. The van der Waals surface area contributed by atoms with Crippen LogP contribution in [0.25, 0.3) is 0 Å². The van der Waals surface area contributed by atoms with Crippen molar-refractivity contribution in [3.63, 3.8) is 0 Å². The summed E-state index contributed by atoms with van der Waals surface area (Å²) in [5, 5.41) is 0.800. The lowest BCUT2D eigenvalue weighted by atomic mass is 10.2. The normalized spacial score (nSPS) is 10.4. The maximum atomic E-state index is 5.86. The highest BCUT2D eigenvalue weighted by Crippen LogP contribution is 2.25. The molecule has 0 spiro atoms. The van der Waals surface area contributed by atoms with E-state index in [4.69, 9.17) is 16.3 Å². The van der Waals surface area contributed by atoms with E-state index in [0.717, 1.165) is 25.9 Å². The molecular weight excluding hydrogens is 308 g/mol. The van der Waals surface area contributed by atoms with Gasteiger partial charge in [-0.15, -0.1) is 11.3 Å². The Balaban J connectivity index is 2.04. The third-order valence-electron chi connectivity index (χ3n) is 2.12. The summed E-state index contributed by atoms with van der Waals surface area (Å²) in [4.78, 5) is 1.13. The number of para-hydroxylation sites is 1. The molecule has 0 fully saturated rings. The van der Waals surface area contributed by atoms with Crippen LogP contribution >= 0.6 is 38.9 Å². The summed E-state index contributed by atoms with van der Waals surface area (Å²) < 4.78 is 6.55. The number of rotatable bonds is 4. The second-order valence-corrected chi connectivity index (χ2v) is 5.60. The average molecular weight is 318 g/mol. The van der Waals surface area contributed by atoms with E-state index in [1.165, 1.54) is 0 Å². The van der Waals surface area contributed by atoms with Crippen molar-refractivity contribution in [2.45, 2.75) is 11.9 Å². The predicted octanol–water partition coefficient (Wildman–Crippen LogP) is 4.88. The van der Waals surface area contributed by atoms with E-state index in [0.29, 0.717) is 6.61 Å². The van der Waals surface area contributed by atoms with Gasteiger partial charge in [0.1, 0.15) is 12.4 Å². The fourth-order valence-corrected chi connectivity index (χ4v) is 2.80. The minimum Gasteiger partial charge on any atom is -0.488 e. The van der Waals surface area contributed by atoms with Crippen molar-refractivity contribution in [2.24, 2.45) is 0 Å². The number of ether oxygens (including phenoxy) is 1. The van der Waals surface area contributed by atoms with Gasteiger partial charge in [-0.05, 0) is 18.2 Å². The van der Waals surface area contributed by atoms with Crippen LogP contribution < -0.4 is 4.74 Å². The van der Waals surface area contributed by atoms with Gasteiger partial charge in [0, 0.05) is 15.8 Å². The molecule has 1 nitrogen and oxygen atoms in total. The van der Waals surface area contributed by atoms with Gasteiger partial charge < -0.3 is 4.74 Å². The van der Waals surface area contributed by atoms with Crippen LogP contribution in [0.5, 0.6) is 5.75 Å². The number of benzene rings is 1. The Kier molecular flexibility index (Phi) is 4.27. The van der Waals surface area contributed by atoms with Gasteiger partial charge in [0.05, 0.1) is 4.34 Å². The quantitative estimate of drug-likeness (QED) is 0.731. The van der Waals surface area contributed by atoms with E-state index < -0.39 is 0 Å². The molecule has 0 radical (unpaired) electrons. The van der Waals surface area contributed by atoms with Crippen LogP contribution in [0, 0.1) is 0 Å². The van der Waals surface area contributed by atoms with Crippen LogP contribution in [0.3, 0.4) is 0 Å². The van der Waals surface area contributed by atoms with Crippen LogP contribution in [0.4, 0.5) is 0 Å². The average Bonchev–Trinajstić information content (AvgIpc) is 2.73. The van der Waals surface area contributed by atoms with E-state index >= 15 is 0 Å². The molecule has 0 N–H and O–H groups in total. The third-order valence-corrected chi connectivity index (χ3v) is 3.92. The fraction of sp³-hybridized carbons (Fsp3) is 0.167. The lowest BCUT2D eigenvalue weighted by Crippen LogP contribution is -1.95. The summed E-state index contributed by atoms with van der Waals surface area (Å²) in [6, 6.07) is 11.9. The van der Waals surface area contributed by atoms with Crippen molar-refractivity contribution in [2.75, 3.05) is 0 Å². The first-order valence-electron chi connectivity index (χ1n) is 4.80. The fourth-order valence-electron chi connectivity index (χ4n) is 1.33. The minimum atomic E-state index is 0.571. The highest BCUT2D eigenvalue weighted by molar-refractivity contribution is 9.08. The van der Waals surface area contributed by atoms with Crippen molar-refractivity contribution < 1.29 is 4.74 Å². The van der Waals surface area contributed by atoms with Crippen molar-refractivity contribution in [1.29, 1.82) is 0 Å². The Bertz CT molecular complexity index is 470. The first-order chi connectivity index (χ1) is 7.79. The third kappa shape index (κ3) is 3.00. The van der Waals surface area contributed by atoms with Crippen LogP contribution in [-0.2, 0) is 11.9 Å². The zero-order valence-corrected chi connectivity index (χ0v) is 11.6. The lowest BCUT2D eigenvalue weighted by molar-refractivity contribution is 0.307. The minimum absolute atomic E-state index is 0.571. The molecule has 0 unspecified atom stereocenters. The molecular formula is C12H10BrClOS. The van der Waals surface area contributed by atoms with Crippen LogP contribution in [0.1, 0.15) is 10.4 Å². The SMILES string of the molecule is Clc1ccc(COc2ccccc2CBr)s1. The highest BCUT2D eigenvalue weighted by atomic mass is 79.9. The summed E-state index contributed by atoms with van der Waals surface area (Å²) in [5.74, 6) is 0.920. The van der Waals surface area contributed by atoms with E-state index in [1.54, 1.807) is 11.3 Å². The number of hydrogen-bond acceptors (Lipinski definition) is 2. The Hall–Kier alpha value is -0.510. The van der Waals surface area contributed by atoms with E-state index in [2.05, 4.69) is 15.9 Å². The van der Waals surface area contributed by atoms with Crippen LogP contribution in [-0.4, -0.2) is 0 Å². The van der Waals surface area contributed by atoms with E-state index in [9.17, 15) is 0 Å². The van der Waals surface area contributed by atoms with Crippen LogP contribution in [0.15, 0.2) is 36.4 Å². The second-order valence-electron chi connectivity index (χ2n) is 3.24. The molecule has 0 atom stereocenters. The summed E-state index contributed by atoms with van der Waals surface area (Å²) in [7, 11) is 0. The van der Waals surface area contributed by atoms with Gasteiger partial charge in [0.2, 0.25) is 0 Å². The molecule has 2 rings (SSSR count). The van der Waals surface area contributed by atoms with Crippen LogP contribution in [0.2, 0.25) is 4.34 Å². The topological polar surface area (TPSA) is 9.23 Å². The summed E-state index contributed by atoms with van der Waals surface area (Å²) in [6.45, 7) is 0.571. The number of hydrogen-bond donors (Lipinski definition) is 0. The Morgan fingerprint density at radius 1 is 1.19 bits per heavy atom. The van der Waals surface area contributed by atoms with Crippen molar-refractivity contribution in [3.8, 4) is 5.75 Å². The molecule has 0 aliphatic rings. The smallest absolute Gasteiger partial charge is 0.123 e. The van der Waals surface area contributed by atoms with Gasteiger partial charge in [0.15, 0.2) is 0 Å². The van der Waals surface area contributed by atoms with Gasteiger partial charge in [0.25, 0.3) is 0 Å². The Morgan fingerprint density at radius 3 is 2.69 bits per heavy atom. The molecule has 2 aromatic rings. The zero-order valence-electron chi connectivity index (χ0n) is 8.45. The van der Waals surface area contributed by atoms with Gasteiger partial charge in [-0.2, -0.15) is 0 Å². The van der Waals surface area contributed by atoms with Gasteiger partial charge >= 0.3 is 0 Å². The molecule has 1 aromatic heterocycles. The molecule has 0 saturated heterocycles. The Labute approximate surface area is 112 Å². The molecule has 0 saturated carbocycles. The Morgan fingerprint density at radius 2 is 2.00 bits per heavy atom. The summed E-state index contributed by atoms with van der Waals surface area (Å²) >= 11 is 10.8. The maximum Gasteiger partial charge on any atom is 0.123 e. The lowest BCUT2D eigenvalue weighted by Gasteiger charge is -2.08. The van der Waals surface area contributed by atoms with Crippen molar-refractivity contribution in [3.05, 3.63) is 51.2 Å². The summed E-state index contributed by atoms with van der Waals surface area (Å²) in [6.07, 6.45) is 0.